The maximum atomic E-state index is 10.8. The molecule has 5 heteroatoms. The minimum absolute atomic E-state index is 0.333. The Morgan fingerprint density at radius 1 is 1.90 bits per heavy atom. The summed E-state index contributed by atoms with van der Waals surface area (Å²) in [5, 5.41) is 3.79. The fourth-order valence-corrected chi connectivity index (χ4v) is 0.671. The smallest absolute Gasteiger partial charge is 0.283 e. The molecule has 0 atom stereocenters. The van der Waals surface area contributed by atoms with Crippen LogP contribution in [0.15, 0.2) is 12.3 Å². The lowest BCUT2D eigenvalue weighted by molar-refractivity contribution is 0.0944. The molecule has 1 aromatic heterocycles. The molecule has 54 valence electrons. The number of nitrogens with one attached hydrogen (secondary N) is 1. The van der Waals surface area contributed by atoms with Crippen LogP contribution in [-0.2, 0) is 7.05 Å². The third-order valence-corrected chi connectivity index (χ3v) is 1.18. The van der Waals surface area contributed by atoms with Gasteiger partial charge in [-0.05, 0) is 6.07 Å². The number of nitrogen functional groups attached to an aromatic ring is 1. The lowest BCUT2D eigenvalue weighted by Crippen LogP contribution is -2.31. The highest BCUT2D eigenvalue weighted by atomic mass is 16.2. The molecule has 3 N–H and O–H groups in total. The van der Waals surface area contributed by atoms with Gasteiger partial charge in [-0.2, -0.15) is 5.10 Å². The van der Waals surface area contributed by atoms with Gasteiger partial charge in [0, 0.05) is 13.2 Å². The average molecular weight is 140 g/mol. The van der Waals surface area contributed by atoms with Crippen LogP contribution in [0.4, 0.5) is 0 Å². The van der Waals surface area contributed by atoms with E-state index in [1.165, 1.54) is 10.9 Å². The number of carbonyl (C=O) groups excluding carboxylic acids is 1. The zero-order chi connectivity index (χ0) is 7.56. The van der Waals surface area contributed by atoms with E-state index in [2.05, 4.69) is 5.10 Å². The SMILES string of the molecule is Cn1nccc1C(=O)NN. The molecule has 5 nitrogen and oxygen atoms in total. The Morgan fingerprint density at radius 3 is 3.00 bits per heavy atom. The van der Waals surface area contributed by atoms with Crippen molar-refractivity contribution in [3.8, 4) is 0 Å². The van der Waals surface area contributed by atoms with Gasteiger partial charge in [0.25, 0.3) is 5.91 Å². The van der Waals surface area contributed by atoms with Crippen LogP contribution in [0.5, 0.6) is 0 Å². The summed E-state index contributed by atoms with van der Waals surface area (Å²) in [6.07, 6.45) is 1.53. The number of hydrogen-bond donors (Lipinski definition) is 2. The lowest BCUT2D eigenvalue weighted by atomic mass is 10.4. The first kappa shape index (κ1) is 6.76. The highest BCUT2D eigenvalue weighted by molar-refractivity contribution is 5.91. The maximum absolute atomic E-state index is 10.8. The Balaban J connectivity index is 2.93. The van der Waals surface area contributed by atoms with Gasteiger partial charge in [0.2, 0.25) is 0 Å². The molecular formula is C5H8N4O. The van der Waals surface area contributed by atoms with Crippen LogP contribution in [0.3, 0.4) is 0 Å². The molecule has 0 spiro atoms. The van der Waals surface area contributed by atoms with E-state index in [0.717, 1.165) is 0 Å². The molecule has 0 aromatic carbocycles. The number of amides is 1. The van der Waals surface area contributed by atoms with E-state index in [-0.39, 0.29) is 5.91 Å². The zero-order valence-electron chi connectivity index (χ0n) is 5.53. The number of rotatable bonds is 1. The Hall–Kier alpha value is -1.36. The minimum atomic E-state index is -0.333. The van der Waals surface area contributed by atoms with Crippen LogP contribution < -0.4 is 11.3 Å². The van der Waals surface area contributed by atoms with Gasteiger partial charge in [0.05, 0.1) is 0 Å². The highest BCUT2D eigenvalue weighted by Crippen LogP contribution is 1.93. The normalized spacial score (nSPS) is 9.40. The van der Waals surface area contributed by atoms with Gasteiger partial charge >= 0.3 is 0 Å². The van der Waals surface area contributed by atoms with Gasteiger partial charge in [-0.3, -0.25) is 14.9 Å². The van der Waals surface area contributed by atoms with Crippen molar-refractivity contribution < 1.29 is 4.79 Å². The number of nitrogens with zero attached hydrogens (tertiary/aromatic N) is 2. The summed E-state index contributed by atoms with van der Waals surface area (Å²) in [5.41, 5.74) is 2.46. The second-order valence-corrected chi connectivity index (χ2v) is 1.81. The molecular weight excluding hydrogens is 132 g/mol. The summed E-state index contributed by atoms with van der Waals surface area (Å²) in [6, 6.07) is 1.59. The van der Waals surface area contributed by atoms with Crippen molar-refractivity contribution in [1.82, 2.24) is 15.2 Å². The molecule has 0 bridgehead atoms. The number of nitrogens with two attached hydrogens (primary N) is 1. The third kappa shape index (κ3) is 0.985. The van der Waals surface area contributed by atoms with E-state index in [1.807, 2.05) is 5.43 Å². The van der Waals surface area contributed by atoms with Crippen molar-refractivity contribution in [3.63, 3.8) is 0 Å². The van der Waals surface area contributed by atoms with E-state index < -0.39 is 0 Å². The van der Waals surface area contributed by atoms with Crippen molar-refractivity contribution in [2.75, 3.05) is 0 Å². The topological polar surface area (TPSA) is 72.9 Å². The molecule has 10 heavy (non-hydrogen) atoms. The Labute approximate surface area is 57.8 Å². The standard InChI is InChI=1S/C5H8N4O/c1-9-4(2-3-7-9)5(10)8-6/h2-3H,6H2,1H3,(H,8,10). The Morgan fingerprint density at radius 2 is 2.60 bits per heavy atom. The predicted molar refractivity (Wildman–Crippen MR) is 34.9 cm³/mol. The van der Waals surface area contributed by atoms with Gasteiger partial charge < -0.3 is 0 Å². The number of aryl methyl sites for hydroxylation is 1. The van der Waals surface area contributed by atoms with Gasteiger partial charge in [-0.25, -0.2) is 5.84 Å². The highest BCUT2D eigenvalue weighted by Gasteiger charge is 2.05. The Bertz CT molecular complexity index is 242. The second kappa shape index (κ2) is 2.49. The molecule has 1 heterocycles. The van der Waals surface area contributed by atoms with Crippen LogP contribution in [0.1, 0.15) is 10.5 Å². The van der Waals surface area contributed by atoms with Crippen molar-refractivity contribution >= 4 is 5.91 Å². The number of aromatic nitrogens is 2. The quantitative estimate of drug-likeness (QED) is 0.299. The van der Waals surface area contributed by atoms with E-state index in [4.69, 9.17) is 5.84 Å². The molecule has 0 radical (unpaired) electrons. The van der Waals surface area contributed by atoms with Gasteiger partial charge in [0.1, 0.15) is 5.69 Å². The summed E-state index contributed by atoms with van der Waals surface area (Å²) >= 11 is 0. The van der Waals surface area contributed by atoms with Crippen molar-refractivity contribution in [2.24, 2.45) is 12.9 Å². The number of hydrazine groups is 1. The van der Waals surface area contributed by atoms with Crippen LogP contribution >= 0.6 is 0 Å². The molecule has 0 saturated heterocycles. The van der Waals surface area contributed by atoms with Crippen molar-refractivity contribution in [3.05, 3.63) is 18.0 Å². The molecule has 0 fully saturated rings. The predicted octanol–water partition coefficient (Wildman–Crippen LogP) is -0.976. The molecule has 0 aliphatic rings. The van der Waals surface area contributed by atoms with Gasteiger partial charge in [-0.15, -0.1) is 0 Å². The molecule has 1 amide bonds. The zero-order valence-corrected chi connectivity index (χ0v) is 5.53. The summed E-state index contributed by atoms with van der Waals surface area (Å²) in [7, 11) is 1.67. The van der Waals surface area contributed by atoms with Gasteiger partial charge in [0.15, 0.2) is 0 Å². The molecule has 1 rings (SSSR count). The van der Waals surface area contributed by atoms with E-state index in [0.29, 0.717) is 5.69 Å². The molecule has 0 aliphatic carbocycles. The number of hydrogen-bond acceptors (Lipinski definition) is 3. The van der Waals surface area contributed by atoms with Crippen molar-refractivity contribution in [1.29, 1.82) is 0 Å². The Kier molecular flexibility index (Phi) is 1.68. The third-order valence-electron chi connectivity index (χ3n) is 1.18. The van der Waals surface area contributed by atoms with Crippen molar-refractivity contribution in [2.45, 2.75) is 0 Å². The summed E-state index contributed by atoms with van der Waals surface area (Å²) < 4.78 is 1.45. The van der Waals surface area contributed by atoms with Crippen LogP contribution in [0.25, 0.3) is 0 Å². The summed E-state index contributed by atoms with van der Waals surface area (Å²) in [6.45, 7) is 0. The molecule has 0 aliphatic heterocycles. The summed E-state index contributed by atoms with van der Waals surface area (Å²) in [4.78, 5) is 10.8. The monoisotopic (exact) mass is 140 g/mol. The second-order valence-electron chi connectivity index (χ2n) is 1.81. The summed E-state index contributed by atoms with van der Waals surface area (Å²) in [5.74, 6) is 4.56. The lowest BCUT2D eigenvalue weighted by Gasteiger charge is -1.97. The van der Waals surface area contributed by atoms with Crippen LogP contribution in [0, 0.1) is 0 Å². The first-order valence-corrected chi connectivity index (χ1v) is 2.74. The first-order chi connectivity index (χ1) is 4.75. The van der Waals surface area contributed by atoms with E-state index >= 15 is 0 Å². The molecule has 1 aromatic rings. The molecule has 0 saturated carbocycles. The van der Waals surface area contributed by atoms with Crippen LogP contribution in [-0.4, -0.2) is 15.7 Å². The minimum Gasteiger partial charge on any atom is -0.289 e. The average Bonchev–Trinajstić information content (AvgIpc) is 2.34. The fraction of sp³-hybridized carbons (Fsp3) is 0.200. The van der Waals surface area contributed by atoms with E-state index in [1.54, 1.807) is 13.1 Å². The first-order valence-electron chi connectivity index (χ1n) is 2.74. The fourth-order valence-electron chi connectivity index (χ4n) is 0.671. The number of carbonyl (C=O) groups is 1. The molecule has 0 unspecified atom stereocenters. The largest absolute Gasteiger partial charge is 0.289 e. The van der Waals surface area contributed by atoms with Crippen LogP contribution in [0.2, 0.25) is 0 Å². The van der Waals surface area contributed by atoms with Gasteiger partial charge in [-0.1, -0.05) is 0 Å². The van der Waals surface area contributed by atoms with E-state index in [9.17, 15) is 4.79 Å². The maximum Gasteiger partial charge on any atom is 0.283 e.